The van der Waals surface area contributed by atoms with Gasteiger partial charge in [-0.25, -0.2) is 0 Å². The van der Waals surface area contributed by atoms with Crippen molar-refractivity contribution in [2.24, 2.45) is 5.92 Å². The molecule has 1 aliphatic carbocycles. The number of hydrogen-bond acceptors (Lipinski definition) is 5. The molecule has 0 spiro atoms. The lowest BCUT2D eigenvalue weighted by molar-refractivity contribution is -0.0306. The highest BCUT2D eigenvalue weighted by Crippen LogP contribution is 2.31. The van der Waals surface area contributed by atoms with Gasteiger partial charge in [0.15, 0.2) is 0 Å². The van der Waals surface area contributed by atoms with Crippen LogP contribution >= 0.6 is 0 Å². The molecule has 21 heavy (non-hydrogen) atoms. The van der Waals surface area contributed by atoms with Crippen molar-refractivity contribution in [2.75, 3.05) is 14.2 Å². The van der Waals surface area contributed by atoms with Crippen LogP contribution in [0.25, 0.3) is 0 Å². The van der Waals surface area contributed by atoms with E-state index < -0.39 is 5.60 Å². The number of methoxy groups -OCH3 is 1. The van der Waals surface area contributed by atoms with E-state index in [1.807, 2.05) is 7.05 Å². The first-order valence-corrected chi connectivity index (χ1v) is 8.24. The smallest absolute Gasteiger partial charge is 0.227 e. The summed E-state index contributed by atoms with van der Waals surface area (Å²) in [6, 6.07) is 0.568. The van der Waals surface area contributed by atoms with Crippen molar-refractivity contribution in [3.05, 3.63) is 11.7 Å². The van der Waals surface area contributed by atoms with Gasteiger partial charge in [0.05, 0.1) is 0 Å². The standard InChI is InChI=1S/C16H29N3O2/c1-5-16(6-2,20-4)15-18-14(21-19-15)11-12-9-7-8-10-13(12)17-3/h12-13,17H,5-11H2,1-4H3. The maximum atomic E-state index is 5.67. The summed E-state index contributed by atoms with van der Waals surface area (Å²) in [5.74, 6) is 2.04. The fraction of sp³-hybridized carbons (Fsp3) is 0.875. The van der Waals surface area contributed by atoms with E-state index in [0.29, 0.717) is 17.8 Å². The van der Waals surface area contributed by atoms with Gasteiger partial charge < -0.3 is 14.6 Å². The van der Waals surface area contributed by atoms with Crippen LogP contribution in [0.4, 0.5) is 0 Å². The highest BCUT2D eigenvalue weighted by molar-refractivity contribution is 5.02. The fourth-order valence-electron chi connectivity index (χ4n) is 3.53. The molecule has 5 heteroatoms. The Kier molecular flexibility index (Phi) is 5.76. The molecule has 0 radical (unpaired) electrons. The van der Waals surface area contributed by atoms with Crippen LogP contribution in [-0.2, 0) is 16.8 Å². The molecule has 1 fully saturated rings. The molecule has 1 heterocycles. The topological polar surface area (TPSA) is 60.2 Å². The van der Waals surface area contributed by atoms with Gasteiger partial charge in [0.1, 0.15) is 5.60 Å². The Labute approximate surface area is 127 Å². The van der Waals surface area contributed by atoms with Crippen molar-refractivity contribution >= 4 is 0 Å². The zero-order valence-electron chi connectivity index (χ0n) is 13.8. The number of nitrogens with zero attached hydrogens (tertiary/aromatic N) is 2. The molecule has 1 aromatic heterocycles. The molecule has 0 bridgehead atoms. The lowest BCUT2D eigenvalue weighted by Crippen LogP contribution is -2.37. The number of ether oxygens (including phenoxy) is 1. The van der Waals surface area contributed by atoms with Crippen molar-refractivity contribution in [1.29, 1.82) is 0 Å². The van der Waals surface area contributed by atoms with E-state index in [1.165, 1.54) is 25.7 Å². The predicted molar refractivity (Wildman–Crippen MR) is 82.1 cm³/mol. The van der Waals surface area contributed by atoms with Crippen LogP contribution in [0.3, 0.4) is 0 Å². The van der Waals surface area contributed by atoms with Gasteiger partial charge >= 0.3 is 0 Å². The van der Waals surface area contributed by atoms with Crippen LogP contribution < -0.4 is 5.32 Å². The summed E-state index contributed by atoms with van der Waals surface area (Å²) in [6.45, 7) is 4.20. The van der Waals surface area contributed by atoms with Crippen molar-refractivity contribution in [2.45, 2.75) is 70.4 Å². The second-order valence-corrected chi connectivity index (χ2v) is 6.06. The minimum absolute atomic E-state index is 0.406. The minimum Gasteiger partial charge on any atom is -0.370 e. The molecule has 1 saturated carbocycles. The maximum absolute atomic E-state index is 5.67. The molecular weight excluding hydrogens is 266 g/mol. The molecule has 1 N–H and O–H groups in total. The lowest BCUT2D eigenvalue weighted by atomic mass is 9.82. The van der Waals surface area contributed by atoms with Gasteiger partial charge in [-0.1, -0.05) is 31.8 Å². The maximum Gasteiger partial charge on any atom is 0.227 e. The van der Waals surface area contributed by atoms with Crippen molar-refractivity contribution in [3.63, 3.8) is 0 Å². The molecule has 0 aromatic carbocycles. The number of rotatable bonds is 7. The first kappa shape index (κ1) is 16.4. The predicted octanol–water partition coefficient (Wildman–Crippen LogP) is 3.05. The molecular formula is C16H29N3O2. The van der Waals surface area contributed by atoms with Crippen molar-refractivity contribution in [1.82, 2.24) is 15.5 Å². The zero-order chi connectivity index (χ0) is 15.3. The summed E-state index contributed by atoms with van der Waals surface area (Å²) in [4.78, 5) is 4.63. The summed E-state index contributed by atoms with van der Waals surface area (Å²) in [6.07, 6.45) is 7.66. The SMILES string of the molecule is CCC(CC)(OC)c1noc(CC2CCCCC2NC)n1. The average Bonchev–Trinajstić information content (AvgIpc) is 2.99. The zero-order valence-corrected chi connectivity index (χ0v) is 13.8. The molecule has 2 unspecified atom stereocenters. The van der Waals surface area contributed by atoms with Crippen LogP contribution in [0.2, 0.25) is 0 Å². The number of hydrogen-bond donors (Lipinski definition) is 1. The van der Waals surface area contributed by atoms with Gasteiger partial charge in [-0.15, -0.1) is 0 Å². The molecule has 120 valence electrons. The van der Waals surface area contributed by atoms with E-state index in [1.54, 1.807) is 7.11 Å². The largest absolute Gasteiger partial charge is 0.370 e. The van der Waals surface area contributed by atoms with E-state index >= 15 is 0 Å². The number of nitrogens with one attached hydrogen (secondary N) is 1. The Morgan fingerprint density at radius 3 is 2.62 bits per heavy atom. The summed E-state index contributed by atoms with van der Waals surface area (Å²) in [5.41, 5.74) is -0.406. The first-order valence-electron chi connectivity index (χ1n) is 8.24. The monoisotopic (exact) mass is 295 g/mol. The van der Waals surface area contributed by atoms with Crippen molar-refractivity contribution < 1.29 is 9.26 Å². The second kappa shape index (κ2) is 7.36. The van der Waals surface area contributed by atoms with E-state index in [2.05, 4.69) is 29.3 Å². The van der Waals surface area contributed by atoms with Crippen LogP contribution in [0, 0.1) is 5.92 Å². The Balaban J connectivity index is 2.09. The molecule has 0 saturated heterocycles. The normalized spacial score (nSPS) is 23.4. The van der Waals surface area contributed by atoms with Crippen molar-refractivity contribution in [3.8, 4) is 0 Å². The third kappa shape index (κ3) is 3.46. The number of aromatic nitrogens is 2. The quantitative estimate of drug-likeness (QED) is 0.837. The molecule has 1 aromatic rings. The molecule has 2 atom stereocenters. The average molecular weight is 295 g/mol. The van der Waals surface area contributed by atoms with Crippen LogP contribution in [0.1, 0.15) is 64.1 Å². The highest BCUT2D eigenvalue weighted by Gasteiger charge is 2.34. The molecule has 0 amide bonds. The van der Waals surface area contributed by atoms with E-state index in [-0.39, 0.29) is 0 Å². The van der Waals surface area contributed by atoms with E-state index in [0.717, 1.165) is 25.2 Å². The Morgan fingerprint density at radius 2 is 2.00 bits per heavy atom. The summed E-state index contributed by atoms with van der Waals surface area (Å²) >= 11 is 0. The summed E-state index contributed by atoms with van der Waals surface area (Å²) in [7, 11) is 3.77. The Bertz CT molecular complexity index is 421. The van der Waals surface area contributed by atoms with Crippen LogP contribution in [0.15, 0.2) is 4.52 Å². The third-order valence-corrected chi connectivity index (χ3v) is 5.13. The van der Waals surface area contributed by atoms with Gasteiger partial charge in [0.25, 0.3) is 0 Å². The third-order valence-electron chi connectivity index (χ3n) is 5.13. The Morgan fingerprint density at radius 1 is 1.29 bits per heavy atom. The van der Waals surface area contributed by atoms with E-state index in [4.69, 9.17) is 9.26 Å². The molecule has 2 rings (SSSR count). The van der Waals surface area contributed by atoms with Crippen LogP contribution in [-0.4, -0.2) is 30.3 Å². The fourth-order valence-corrected chi connectivity index (χ4v) is 3.53. The molecule has 1 aliphatic rings. The summed E-state index contributed by atoms with van der Waals surface area (Å²) < 4.78 is 11.2. The van der Waals surface area contributed by atoms with Gasteiger partial charge in [-0.05, 0) is 38.6 Å². The molecule has 0 aliphatic heterocycles. The van der Waals surface area contributed by atoms with Gasteiger partial charge in [0, 0.05) is 19.6 Å². The van der Waals surface area contributed by atoms with Gasteiger partial charge in [-0.3, -0.25) is 0 Å². The Hall–Kier alpha value is -0.940. The summed E-state index contributed by atoms with van der Waals surface area (Å²) in [5, 5.41) is 7.62. The van der Waals surface area contributed by atoms with Gasteiger partial charge in [-0.2, -0.15) is 4.98 Å². The molecule has 5 nitrogen and oxygen atoms in total. The van der Waals surface area contributed by atoms with Crippen LogP contribution in [0.5, 0.6) is 0 Å². The van der Waals surface area contributed by atoms with E-state index in [9.17, 15) is 0 Å². The minimum atomic E-state index is -0.406. The lowest BCUT2D eigenvalue weighted by Gasteiger charge is -2.30. The van der Waals surface area contributed by atoms with Gasteiger partial charge in [0.2, 0.25) is 11.7 Å². The first-order chi connectivity index (χ1) is 10.2. The second-order valence-electron chi connectivity index (χ2n) is 6.06. The highest BCUT2D eigenvalue weighted by atomic mass is 16.5.